The Morgan fingerprint density at radius 1 is 0.818 bits per heavy atom. The summed E-state index contributed by atoms with van der Waals surface area (Å²) in [5.41, 5.74) is 0. The van der Waals surface area contributed by atoms with Crippen LogP contribution in [-0.4, -0.2) is 25.7 Å². The van der Waals surface area contributed by atoms with Gasteiger partial charge in [-0.25, -0.2) is 0 Å². The number of rotatable bonds is 2. The second-order valence-electron chi connectivity index (χ2n) is 4.76. The highest BCUT2D eigenvalue weighted by molar-refractivity contribution is 7.21. The lowest BCUT2D eigenvalue weighted by Gasteiger charge is -2.05. The van der Waals surface area contributed by atoms with Crippen LogP contribution in [0.1, 0.15) is 0 Å². The molecule has 1 aliphatic rings. The van der Waals surface area contributed by atoms with E-state index in [0.29, 0.717) is 0 Å². The summed E-state index contributed by atoms with van der Waals surface area (Å²) < 4.78 is 0. The number of hydrogen-bond donors (Lipinski definition) is 0. The van der Waals surface area contributed by atoms with E-state index >= 15 is 0 Å². The minimum atomic E-state index is -0.789. The van der Waals surface area contributed by atoms with Gasteiger partial charge in [0.2, 0.25) is 0 Å². The van der Waals surface area contributed by atoms with Crippen molar-refractivity contribution < 1.29 is 0 Å². The van der Waals surface area contributed by atoms with E-state index in [4.69, 9.17) is 0 Å². The van der Waals surface area contributed by atoms with Gasteiger partial charge in [0, 0.05) is 0 Å². The molecule has 64 valence electrons. The van der Waals surface area contributed by atoms with E-state index in [2.05, 4.69) is 39.3 Å². The molecule has 0 aliphatic carbocycles. The molecular weight excluding hydrogens is 180 g/mol. The summed E-state index contributed by atoms with van der Waals surface area (Å²) in [6.45, 7) is 15.1. The zero-order valence-corrected chi connectivity index (χ0v) is 12.0. The minimum absolute atomic E-state index is 0.396. The molecule has 0 aromatic heterocycles. The van der Waals surface area contributed by atoms with Crippen molar-refractivity contribution in [3.05, 3.63) is 9.64 Å². The van der Waals surface area contributed by atoms with Crippen LogP contribution in [0.3, 0.4) is 0 Å². The summed E-state index contributed by atoms with van der Waals surface area (Å²) in [5.74, 6) is 0. The average molecular weight is 201 g/mol. The van der Waals surface area contributed by atoms with E-state index in [1.807, 2.05) is 9.64 Å². The first-order chi connectivity index (χ1) is 4.89. The first-order valence-electron chi connectivity index (χ1n) is 4.64. The second-order valence-corrected chi connectivity index (χ2v) is 16.0. The van der Waals surface area contributed by atoms with Crippen LogP contribution in [0.15, 0.2) is 9.64 Å². The van der Waals surface area contributed by atoms with Crippen LogP contribution >= 0.6 is 0 Å². The molecule has 0 saturated heterocycles. The standard InChI is InChI=1S/C8H20Si3/c1-9(2)7-8(10(3)4)11(7,5)6/h9-10H,1-6H3. The Balaban J connectivity index is 2.79. The van der Waals surface area contributed by atoms with Crippen molar-refractivity contribution >= 4 is 25.7 Å². The van der Waals surface area contributed by atoms with Gasteiger partial charge in [0.15, 0.2) is 0 Å². The monoisotopic (exact) mass is 200 g/mol. The molecule has 0 amide bonds. The minimum Gasteiger partial charge on any atom is -0.0982 e. The summed E-state index contributed by atoms with van der Waals surface area (Å²) in [4.78, 5) is 4.08. The number of hydrogen-bond acceptors (Lipinski definition) is 0. The van der Waals surface area contributed by atoms with E-state index in [9.17, 15) is 0 Å². The van der Waals surface area contributed by atoms with Gasteiger partial charge in [-0.05, 0) is 0 Å². The summed E-state index contributed by atoms with van der Waals surface area (Å²) in [6.07, 6.45) is 0. The summed E-state index contributed by atoms with van der Waals surface area (Å²) in [5, 5.41) is 0. The van der Waals surface area contributed by atoms with Gasteiger partial charge in [-0.15, -0.1) is 0 Å². The predicted octanol–water partition coefficient (Wildman–Crippen LogP) is 2.14. The van der Waals surface area contributed by atoms with Crippen molar-refractivity contribution in [2.75, 3.05) is 0 Å². The van der Waals surface area contributed by atoms with Crippen molar-refractivity contribution in [1.29, 1.82) is 0 Å². The smallest absolute Gasteiger partial charge is 0.0920 e. The summed E-state index contributed by atoms with van der Waals surface area (Å²) >= 11 is 0. The maximum Gasteiger partial charge on any atom is 0.0920 e. The van der Waals surface area contributed by atoms with Crippen LogP contribution in [-0.2, 0) is 0 Å². The zero-order chi connectivity index (χ0) is 8.81. The van der Waals surface area contributed by atoms with Gasteiger partial charge in [-0.2, -0.15) is 0 Å². The Hall–Kier alpha value is 0.391. The van der Waals surface area contributed by atoms with Crippen LogP contribution in [0.4, 0.5) is 0 Å². The maximum absolute atomic E-state index is 2.55. The molecule has 1 rings (SSSR count). The Morgan fingerprint density at radius 3 is 1.18 bits per heavy atom. The lowest BCUT2D eigenvalue weighted by molar-refractivity contribution is 1.91. The first-order valence-corrected chi connectivity index (χ1v) is 13.4. The van der Waals surface area contributed by atoms with Crippen molar-refractivity contribution in [2.24, 2.45) is 0 Å². The fourth-order valence-corrected chi connectivity index (χ4v) is 24.1. The van der Waals surface area contributed by atoms with Gasteiger partial charge in [0.05, 0.1) is 25.7 Å². The fourth-order valence-electron chi connectivity index (χ4n) is 2.59. The quantitative estimate of drug-likeness (QED) is 0.599. The normalized spacial score (nSPS) is 21.8. The van der Waals surface area contributed by atoms with E-state index in [0.717, 1.165) is 0 Å². The summed E-state index contributed by atoms with van der Waals surface area (Å²) in [7, 11) is -1.58. The van der Waals surface area contributed by atoms with Gasteiger partial charge in [-0.1, -0.05) is 48.9 Å². The predicted molar refractivity (Wildman–Crippen MR) is 62.3 cm³/mol. The molecule has 11 heavy (non-hydrogen) atoms. The van der Waals surface area contributed by atoms with Gasteiger partial charge in [-0.3, -0.25) is 0 Å². The SMILES string of the molecule is C[SiH](C)C1=C([SiH](C)C)[Si]1(C)C. The van der Waals surface area contributed by atoms with Crippen molar-refractivity contribution in [3.8, 4) is 0 Å². The third-order valence-electron chi connectivity index (χ3n) is 2.73. The van der Waals surface area contributed by atoms with Crippen LogP contribution in [0.2, 0.25) is 39.3 Å². The lowest BCUT2D eigenvalue weighted by Crippen LogP contribution is -2.19. The molecule has 1 heterocycles. The Kier molecular flexibility index (Phi) is 2.33. The highest BCUT2D eigenvalue weighted by atomic mass is 28.4. The van der Waals surface area contributed by atoms with E-state index in [1.54, 1.807) is 0 Å². The topological polar surface area (TPSA) is 0 Å². The molecule has 0 atom stereocenters. The van der Waals surface area contributed by atoms with E-state index in [-0.39, 0.29) is 0 Å². The molecule has 0 spiro atoms. The van der Waals surface area contributed by atoms with Crippen molar-refractivity contribution in [3.63, 3.8) is 0 Å². The highest BCUT2D eigenvalue weighted by Crippen LogP contribution is 2.44. The highest BCUT2D eigenvalue weighted by Gasteiger charge is 2.48. The van der Waals surface area contributed by atoms with Crippen LogP contribution in [0.5, 0.6) is 0 Å². The molecular formula is C8H20Si3. The van der Waals surface area contributed by atoms with Crippen molar-refractivity contribution in [1.82, 2.24) is 0 Å². The fraction of sp³-hybridized carbons (Fsp3) is 0.750. The third kappa shape index (κ3) is 1.46. The Morgan fingerprint density at radius 2 is 1.09 bits per heavy atom. The molecule has 0 unspecified atom stereocenters. The van der Waals surface area contributed by atoms with Gasteiger partial charge < -0.3 is 0 Å². The van der Waals surface area contributed by atoms with Gasteiger partial charge in [0.25, 0.3) is 0 Å². The average Bonchev–Trinajstić information content (AvgIpc) is 2.33. The molecule has 0 aromatic rings. The largest absolute Gasteiger partial charge is 0.0982 e. The van der Waals surface area contributed by atoms with Gasteiger partial charge in [0.1, 0.15) is 0 Å². The molecule has 3 heteroatoms. The van der Waals surface area contributed by atoms with E-state index < -0.39 is 25.7 Å². The lowest BCUT2D eigenvalue weighted by atomic mass is 11.2. The first kappa shape index (κ1) is 9.48. The maximum atomic E-state index is 2.55. The van der Waals surface area contributed by atoms with Crippen LogP contribution < -0.4 is 0 Å². The summed E-state index contributed by atoms with van der Waals surface area (Å²) in [6, 6.07) is 0. The third-order valence-corrected chi connectivity index (χ3v) is 17.3. The Labute approximate surface area is 74.9 Å². The molecule has 0 aromatic carbocycles. The van der Waals surface area contributed by atoms with Crippen LogP contribution in [0, 0.1) is 0 Å². The molecule has 0 nitrogen and oxygen atoms in total. The van der Waals surface area contributed by atoms with Crippen LogP contribution in [0.25, 0.3) is 0 Å². The zero-order valence-electron chi connectivity index (χ0n) is 8.65. The molecule has 0 N–H and O–H groups in total. The molecule has 1 aliphatic heterocycles. The molecule has 0 radical (unpaired) electrons. The Bertz CT molecular complexity index is 181. The molecule has 0 bridgehead atoms. The second kappa shape index (κ2) is 2.71. The molecule has 0 fully saturated rings. The molecule has 0 saturated carbocycles. The van der Waals surface area contributed by atoms with E-state index in [1.165, 1.54) is 0 Å². The van der Waals surface area contributed by atoms with Gasteiger partial charge >= 0.3 is 0 Å². The van der Waals surface area contributed by atoms with Crippen molar-refractivity contribution in [2.45, 2.75) is 39.3 Å².